The molecule has 126 valence electrons. The van der Waals surface area contributed by atoms with Gasteiger partial charge in [0.1, 0.15) is 0 Å². The second-order valence-electron chi connectivity index (χ2n) is 5.88. The summed E-state index contributed by atoms with van der Waals surface area (Å²) in [5, 5.41) is 2.87. The summed E-state index contributed by atoms with van der Waals surface area (Å²) in [6.45, 7) is 5.26. The zero-order chi connectivity index (χ0) is 16.8. The first-order chi connectivity index (χ1) is 11.0. The van der Waals surface area contributed by atoms with Gasteiger partial charge in [0.05, 0.1) is 11.8 Å². The van der Waals surface area contributed by atoms with Gasteiger partial charge in [-0.1, -0.05) is 6.07 Å². The van der Waals surface area contributed by atoms with Crippen LogP contribution in [-0.2, 0) is 14.3 Å². The smallest absolute Gasteiger partial charge is 0.226 e. The van der Waals surface area contributed by atoms with Crippen molar-refractivity contribution < 1.29 is 14.3 Å². The number of carbonyl (C=O) groups excluding carboxylic acids is 2. The molecule has 1 N–H and O–H groups in total. The van der Waals surface area contributed by atoms with Gasteiger partial charge in [0.15, 0.2) is 0 Å². The lowest BCUT2D eigenvalue weighted by Gasteiger charge is -2.24. The van der Waals surface area contributed by atoms with Crippen LogP contribution >= 0.6 is 15.9 Å². The molecule has 2 rings (SSSR count). The molecule has 0 bridgehead atoms. The summed E-state index contributed by atoms with van der Waals surface area (Å²) in [4.78, 5) is 25.5. The van der Waals surface area contributed by atoms with Crippen LogP contribution in [0.15, 0.2) is 22.7 Å². The fourth-order valence-electron chi connectivity index (χ4n) is 2.58. The van der Waals surface area contributed by atoms with Crippen LogP contribution in [0.1, 0.15) is 31.7 Å². The van der Waals surface area contributed by atoms with Gasteiger partial charge in [-0.2, -0.15) is 0 Å². The number of rotatable bonds is 6. The molecule has 1 saturated heterocycles. The van der Waals surface area contributed by atoms with E-state index in [0.717, 1.165) is 35.2 Å². The van der Waals surface area contributed by atoms with Crippen LogP contribution in [0.3, 0.4) is 0 Å². The number of benzene rings is 1. The lowest BCUT2D eigenvalue weighted by Crippen LogP contribution is -2.37. The Kier molecular flexibility index (Phi) is 6.59. The molecular formula is C17H23BrN2O3. The van der Waals surface area contributed by atoms with E-state index in [1.54, 1.807) is 4.90 Å². The summed E-state index contributed by atoms with van der Waals surface area (Å²) in [5.41, 5.74) is 1.86. The summed E-state index contributed by atoms with van der Waals surface area (Å²) in [6.07, 6.45) is 2.39. The molecule has 1 aromatic carbocycles. The number of amides is 2. The van der Waals surface area contributed by atoms with E-state index in [1.807, 2.05) is 25.1 Å². The lowest BCUT2D eigenvalue weighted by molar-refractivity contribution is -0.130. The third kappa shape index (κ3) is 5.62. The second-order valence-corrected chi connectivity index (χ2v) is 6.74. The first-order valence-electron chi connectivity index (χ1n) is 7.89. The van der Waals surface area contributed by atoms with E-state index in [-0.39, 0.29) is 24.3 Å². The highest BCUT2D eigenvalue weighted by molar-refractivity contribution is 9.10. The van der Waals surface area contributed by atoms with E-state index in [4.69, 9.17) is 4.74 Å². The molecule has 0 radical (unpaired) electrons. The van der Waals surface area contributed by atoms with Gasteiger partial charge in [-0.05, 0) is 53.4 Å². The Labute approximate surface area is 145 Å². The minimum atomic E-state index is -0.104. The molecule has 0 aliphatic carbocycles. The maximum absolute atomic E-state index is 12.1. The Bertz CT molecular complexity index is 571. The molecule has 1 heterocycles. The van der Waals surface area contributed by atoms with Gasteiger partial charge in [0, 0.05) is 37.5 Å². The normalized spacial score (nSPS) is 17.1. The highest BCUT2D eigenvalue weighted by atomic mass is 79.9. The summed E-state index contributed by atoms with van der Waals surface area (Å²) in [6, 6.07) is 5.76. The number of ether oxygens (including phenoxy) is 1. The number of hydrogen-bond acceptors (Lipinski definition) is 3. The minimum absolute atomic E-state index is 0.0233. The zero-order valence-corrected chi connectivity index (χ0v) is 15.2. The van der Waals surface area contributed by atoms with Crippen LogP contribution in [0.4, 0.5) is 5.69 Å². The second kappa shape index (κ2) is 8.45. The predicted molar refractivity (Wildman–Crippen MR) is 93.4 cm³/mol. The van der Waals surface area contributed by atoms with Crippen molar-refractivity contribution in [1.82, 2.24) is 4.90 Å². The molecule has 6 heteroatoms. The number of nitrogens with zero attached hydrogens (tertiary/aromatic N) is 1. The van der Waals surface area contributed by atoms with Gasteiger partial charge in [-0.25, -0.2) is 0 Å². The molecule has 23 heavy (non-hydrogen) atoms. The van der Waals surface area contributed by atoms with E-state index >= 15 is 0 Å². The van der Waals surface area contributed by atoms with Crippen molar-refractivity contribution in [1.29, 1.82) is 0 Å². The van der Waals surface area contributed by atoms with E-state index < -0.39 is 0 Å². The third-order valence-corrected chi connectivity index (χ3v) is 4.56. The van der Waals surface area contributed by atoms with Crippen LogP contribution in [0, 0.1) is 6.92 Å². The van der Waals surface area contributed by atoms with Gasteiger partial charge in [0.2, 0.25) is 11.8 Å². The largest absolute Gasteiger partial charge is 0.376 e. The van der Waals surface area contributed by atoms with Gasteiger partial charge in [-0.15, -0.1) is 0 Å². The Morgan fingerprint density at radius 3 is 2.83 bits per heavy atom. The van der Waals surface area contributed by atoms with E-state index in [1.165, 1.54) is 6.92 Å². The van der Waals surface area contributed by atoms with E-state index in [0.29, 0.717) is 13.1 Å². The third-order valence-electron chi connectivity index (χ3n) is 3.90. The molecule has 1 fully saturated rings. The molecule has 0 spiro atoms. The van der Waals surface area contributed by atoms with Crippen LogP contribution in [0.25, 0.3) is 0 Å². The molecule has 1 aliphatic rings. The standard InChI is InChI=1S/C17H23BrN2O3/c1-12-5-6-16(15(18)10-12)19-17(22)7-8-20(13(2)21)11-14-4-3-9-23-14/h5-6,10,14H,3-4,7-9,11H2,1-2H3,(H,19,22). The average Bonchev–Trinajstić information content (AvgIpc) is 2.99. The van der Waals surface area contributed by atoms with Crippen LogP contribution < -0.4 is 5.32 Å². The fraction of sp³-hybridized carbons (Fsp3) is 0.529. The highest BCUT2D eigenvalue weighted by Crippen LogP contribution is 2.23. The highest BCUT2D eigenvalue weighted by Gasteiger charge is 2.21. The van der Waals surface area contributed by atoms with Gasteiger partial charge < -0.3 is 15.0 Å². The van der Waals surface area contributed by atoms with Crippen molar-refractivity contribution >= 4 is 33.4 Å². The molecule has 1 aliphatic heterocycles. The first kappa shape index (κ1) is 17.9. The average molecular weight is 383 g/mol. The minimum Gasteiger partial charge on any atom is -0.376 e. The monoisotopic (exact) mass is 382 g/mol. The maximum atomic E-state index is 12.1. The van der Waals surface area contributed by atoms with Crippen LogP contribution in [-0.4, -0.2) is 42.5 Å². The molecule has 5 nitrogen and oxygen atoms in total. The Hall–Kier alpha value is -1.40. The van der Waals surface area contributed by atoms with Crippen molar-refractivity contribution in [3.05, 3.63) is 28.2 Å². The van der Waals surface area contributed by atoms with Crippen molar-refractivity contribution in [3.8, 4) is 0 Å². The molecule has 2 amide bonds. The summed E-state index contributed by atoms with van der Waals surface area (Å²) in [5.74, 6) is -0.127. The summed E-state index contributed by atoms with van der Waals surface area (Å²) in [7, 11) is 0. The molecule has 1 atom stereocenters. The fourth-order valence-corrected chi connectivity index (χ4v) is 3.17. The van der Waals surface area contributed by atoms with E-state index in [9.17, 15) is 9.59 Å². The Balaban J connectivity index is 1.84. The number of nitrogens with one attached hydrogen (secondary N) is 1. The molecular weight excluding hydrogens is 360 g/mol. The lowest BCUT2D eigenvalue weighted by atomic mass is 10.2. The number of halogens is 1. The molecule has 1 aromatic rings. The molecule has 1 unspecified atom stereocenters. The SMILES string of the molecule is CC(=O)N(CCC(=O)Nc1ccc(C)cc1Br)CC1CCCO1. The summed E-state index contributed by atoms with van der Waals surface area (Å²) >= 11 is 3.44. The zero-order valence-electron chi connectivity index (χ0n) is 13.6. The van der Waals surface area contributed by atoms with Gasteiger partial charge in [0.25, 0.3) is 0 Å². The van der Waals surface area contributed by atoms with Crippen molar-refractivity contribution in [3.63, 3.8) is 0 Å². The quantitative estimate of drug-likeness (QED) is 0.821. The number of carbonyl (C=O) groups is 2. The predicted octanol–water partition coefficient (Wildman–Crippen LogP) is 3.11. The van der Waals surface area contributed by atoms with Gasteiger partial charge in [-0.3, -0.25) is 9.59 Å². The topological polar surface area (TPSA) is 58.6 Å². The maximum Gasteiger partial charge on any atom is 0.226 e. The first-order valence-corrected chi connectivity index (χ1v) is 8.68. The Morgan fingerprint density at radius 1 is 1.43 bits per heavy atom. The number of aryl methyl sites for hydroxylation is 1. The van der Waals surface area contributed by atoms with E-state index in [2.05, 4.69) is 21.2 Å². The van der Waals surface area contributed by atoms with Crippen molar-refractivity contribution in [2.24, 2.45) is 0 Å². The summed E-state index contributed by atoms with van der Waals surface area (Å²) < 4.78 is 6.42. The van der Waals surface area contributed by atoms with Crippen molar-refractivity contribution in [2.45, 2.75) is 39.2 Å². The van der Waals surface area contributed by atoms with Crippen LogP contribution in [0.5, 0.6) is 0 Å². The molecule has 0 aromatic heterocycles. The van der Waals surface area contributed by atoms with Gasteiger partial charge >= 0.3 is 0 Å². The number of anilines is 1. The van der Waals surface area contributed by atoms with Crippen LogP contribution in [0.2, 0.25) is 0 Å². The molecule has 0 saturated carbocycles. The number of hydrogen-bond donors (Lipinski definition) is 1. The van der Waals surface area contributed by atoms with Crippen molar-refractivity contribution in [2.75, 3.05) is 25.0 Å². The Morgan fingerprint density at radius 2 is 2.22 bits per heavy atom.